The molecule has 1 aliphatic heterocycles. The number of nitrogens with one attached hydrogen (secondary N) is 1. The SMILES string of the molecule is CCCCCCOc1ccc(C2c3c(-c4c(C)cc(C)cc4O)n[nH]c3C(=O)N2CCCOC)cc1. The number of hydrogen-bond donors (Lipinski definition) is 2. The molecular weight excluding hydrogens is 454 g/mol. The third kappa shape index (κ3) is 5.26. The number of nitrogens with zero attached hydrogens (tertiary/aromatic N) is 2. The van der Waals surface area contributed by atoms with Crippen LogP contribution in [0.4, 0.5) is 0 Å². The second-order valence-electron chi connectivity index (χ2n) is 9.56. The van der Waals surface area contributed by atoms with Gasteiger partial charge in [-0.2, -0.15) is 5.10 Å². The molecule has 1 amide bonds. The van der Waals surface area contributed by atoms with Crippen molar-refractivity contribution in [2.45, 2.75) is 58.9 Å². The summed E-state index contributed by atoms with van der Waals surface area (Å²) in [5, 5.41) is 18.3. The fourth-order valence-electron chi connectivity index (χ4n) is 5.06. The lowest BCUT2D eigenvalue weighted by Crippen LogP contribution is -2.31. The first kappa shape index (κ1) is 25.8. The van der Waals surface area contributed by atoms with Gasteiger partial charge in [-0.3, -0.25) is 9.89 Å². The number of methoxy groups -OCH3 is 1. The molecule has 1 aliphatic rings. The molecule has 2 N–H and O–H groups in total. The summed E-state index contributed by atoms with van der Waals surface area (Å²) in [6.45, 7) is 7.92. The maximum atomic E-state index is 13.5. The lowest BCUT2D eigenvalue weighted by molar-refractivity contribution is 0.0723. The van der Waals surface area contributed by atoms with Crippen LogP contribution >= 0.6 is 0 Å². The Hall–Kier alpha value is -3.32. The lowest BCUT2D eigenvalue weighted by Gasteiger charge is -2.26. The van der Waals surface area contributed by atoms with Crippen molar-refractivity contribution in [3.05, 3.63) is 64.3 Å². The van der Waals surface area contributed by atoms with Gasteiger partial charge in [-0.15, -0.1) is 0 Å². The van der Waals surface area contributed by atoms with Gasteiger partial charge in [-0.1, -0.05) is 44.4 Å². The van der Waals surface area contributed by atoms with Crippen LogP contribution in [0.15, 0.2) is 36.4 Å². The Labute approximate surface area is 213 Å². The van der Waals surface area contributed by atoms with E-state index in [2.05, 4.69) is 17.1 Å². The smallest absolute Gasteiger partial charge is 0.273 e. The van der Waals surface area contributed by atoms with Gasteiger partial charge >= 0.3 is 0 Å². The summed E-state index contributed by atoms with van der Waals surface area (Å²) in [6, 6.07) is 11.4. The van der Waals surface area contributed by atoms with Crippen molar-refractivity contribution >= 4 is 5.91 Å². The van der Waals surface area contributed by atoms with Gasteiger partial charge < -0.3 is 19.5 Å². The van der Waals surface area contributed by atoms with Crippen molar-refractivity contribution in [1.82, 2.24) is 15.1 Å². The molecule has 1 aromatic heterocycles. The number of H-pyrrole nitrogens is 1. The third-order valence-electron chi connectivity index (χ3n) is 6.77. The van der Waals surface area contributed by atoms with Crippen LogP contribution in [0, 0.1) is 13.8 Å². The highest BCUT2D eigenvalue weighted by molar-refractivity contribution is 6.00. The molecule has 36 heavy (non-hydrogen) atoms. The molecule has 0 saturated carbocycles. The van der Waals surface area contributed by atoms with Crippen LogP contribution in [0.2, 0.25) is 0 Å². The number of aryl methyl sites for hydroxylation is 2. The van der Waals surface area contributed by atoms with Gasteiger partial charge in [0, 0.05) is 31.4 Å². The van der Waals surface area contributed by atoms with E-state index in [1.54, 1.807) is 13.2 Å². The van der Waals surface area contributed by atoms with Crippen molar-refractivity contribution in [3.63, 3.8) is 0 Å². The maximum absolute atomic E-state index is 13.5. The molecule has 1 atom stereocenters. The van der Waals surface area contributed by atoms with Gasteiger partial charge in [0.25, 0.3) is 5.91 Å². The van der Waals surface area contributed by atoms with E-state index in [-0.39, 0.29) is 17.7 Å². The summed E-state index contributed by atoms with van der Waals surface area (Å²) in [6.07, 6.45) is 5.36. The van der Waals surface area contributed by atoms with Crippen molar-refractivity contribution in [1.29, 1.82) is 0 Å². The second-order valence-corrected chi connectivity index (χ2v) is 9.56. The number of unbranched alkanes of at least 4 members (excludes halogenated alkanes) is 3. The topological polar surface area (TPSA) is 87.7 Å². The molecule has 3 aromatic rings. The number of hydrogen-bond acceptors (Lipinski definition) is 5. The Morgan fingerprint density at radius 1 is 1.06 bits per heavy atom. The largest absolute Gasteiger partial charge is 0.507 e. The summed E-state index contributed by atoms with van der Waals surface area (Å²) >= 11 is 0. The van der Waals surface area contributed by atoms with Crippen LogP contribution in [0.3, 0.4) is 0 Å². The summed E-state index contributed by atoms with van der Waals surface area (Å²) in [4.78, 5) is 15.3. The quantitative estimate of drug-likeness (QED) is 0.306. The Bertz CT molecular complexity index is 1160. The van der Waals surface area contributed by atoms with E-state index in [0.29, 0.717) is 36.7 Å². The molecule has 0 radical (unpaired) electrons. The van der Waals surface area contributed by atoms with Crippen molar-refractivity contribution < 1.29 is 19.4 Å². The predicted octanol–water partition coefficient (Wildman–Crippen LogP) is 5.94. The number of aromatic amines is 1. The van der Waals surface area contributed by atoms with E-state index in [0.717, 1.165) is 40.8 Å². The number of amides is 1. The number of aromatic hydroxyl groups is 1. The van der Waals surface area contributed by atoms with E-state index >= 15 is 0 Å². The first-order chi connectivity index (χ1) is 17.5. The number of carbonyl (C=O) groups excluding carboxylic acids is 1. The van der Waals surface area contributed by atoms with Crippen LogP contribution < -0.4 is 4.74 Å². The Balaban J connectivity index is 1.68. The molecule has 2 heterocycles. The molecule has 0 fully saturated rings. The van der Waals surface area contributed by atoms with Crippen molar-refractivity contribution in [3.8, 4) is 22.8 Å². The maximum Gasteiger partial charge on any atom is 0.273 e. The number of phenols is 1. The summed E-state index contributed by atoms with van der Waals surface area (Å²) in [7, 11) is 1.66. The highest BCUT2D eigenvalue weighted by atomic mass is 16.5. The van der Waals surface area contributed by atoms with Gasteiger partial charge in [0.05, 0.1) is 12.6 Å². The molecule has 2 aromatic carbocycles. The molecule has 7 nitrogen and oxygen atoms in total. The van der Waals surface area contributed by atoms with E-state index < -0.39 is 0 Å². The predicted molar refractivity (Wildman–Crippen MR) is 141 cm³/mol. The van der Waals surface area contributed by atoms with Gasteiger partial charge in [0.1, 0.15) is 22.9 Å². The molecule has 0 bridgehead atoms. The Morgan fingerprint density at radius 3 is 2.53 bits per heavy atom. The molecule has 4 rings (SSSR count). The third-order valence-corrected chi connectivity index (χ3v) is 6.77. The van der Waals surface area contributed by atoms with Gasteiger partial charge in [0.2, 0.25) is 0 Å². The van der Waals surface area contributed by atoms with Crippen LogP contribution in [0.5, 0.6) is 11.5 Å². The Kier molecular flexibility index (Phi) is 8.31. The minimum atomic E-state index is -0.322. The summed E-state index contributed by atoms with van der Waals surface area (Å²) < 4.78 is 11.2. The average molecular weight is 492 g/mol. The standard InChI is InChI=1S/C29H37N3O4/c1-5-6-7-8-16-36-22-12-10-21(11-13-22)28-25-26(24-20(3)17-19(2)18-23(24)33)30-31-27(25)29(34)32(28)14-9-15-35-4/h10-13,17-18,28,33H,5-9,14-16H2,1-4H3,(H,30,31). The number of ether oxygens (including phenoxy) is 2. The number of phenolic OH excluding ortho intramolecular Hbond substituents is 1. The summed E-state index contributed by atoms with van der Waals surface area (Å²) in [5.74, 6) is 0.896. The van der Waals surface area contributed by atoms with Crippen LogP contribution in [-0.2, 0) is 4.74 Å². The molecule has 0 aliphatic carbocycles. The average Bonchev–Trinajstić information content (AvgIpc) is 3.38. The highest BCUT2D eigenvalue weighted by Crippen LogP contribution is 2.45. The fraction of sp³-hybridized carbons (Fsp3) is 0.448. The molecule has 0 saturated heterocycles. The van der Waals surface area contributed by atoms with E-state index in [1.807, 2.05) is 49.1 Å². The zero-order valence-corrected chi connectivity index (χ0v) is 21.8. The monoisotopic (exact) mass is 491 g/mol. The van der Waals surface area contributed by atoms with Crippen molar-refractivity contribution in [2.24, 2.45) is 0 Å². The first-order valence-electron chi connectivity index (χ1n) is 12.9. The second kappa shape index (κ2) is 11.6. The molecule has 1 unspecified atom stereocenters. The number of carbonyl (C=O) groups is 1. The van der Waals surface area contributed by atoms with Crippen LogP contribution in [0.25, 0.3) is 11.3 Å². The fourth-order valence-corrected chi connectivity index (χ4v) is 5.06. The molecule has 192 valence electrons. The minimum absolute atomic E-state index is 0.0923. The number of fused-ring (bicyclic) bond motifs is 1. The zero-order chi connectivity index (χ0) is 25.7. The number of aromatic nitrogens is 2. The molecular formula is C29H37N3O4. The normalized spacial score (nSPS) is 14.9. The highest BCUT2D eigenvalue weighted by Gasteiger charge is 2.42. The van der Waals surface area contributed by atoms with Crippen LogP contribution in [0.1, 0.15) is 77.8 Å². The first-order valence-corrected chi connectivity index (χ1v) is 12.9. The lowest BCUT2D eigenvalue weighted by atomic mass is 9.93. The Morgan fingerprint density at radius 2 is 1.83 bits per heavy atom. The summed E-state index contributed by atoms with van der Waals surface area (Å²) in [5.41, 5.74) is 5.41. The van der Waals surface area contributed by atoms with Gasteiger partial charge in [-0.05, 0) is 61.6 Å². The van der Waals surface area contributed by atoms with E-state index in [1.165, 1.54) is 19.3 Å². The molecule has 7 heteroatoms. The zero-order valence-electron chi connectivity index (χ0n) is 21.8. The van der Waals surface area contributed by atoms with Crippen molar-refractivity contribution in [2.75, 3.05) is 26.9 Å². The number of rotatable bonds is 12. The van der Waals surface area contributed by atoms with Gasteiger partial charge in [0.15, 0.2) is 0 Å². The molecule has 0 spiro atoms. The van der Waals surface area contributed by atoms with Crippen LogP contribution in [-0.4, -0.2) is 53.0 Å². The minimum Gasteiger partial charge on any atom is -0.507 e. The van der Waals surface area contributed by atoms with E-state index in [4.69, 9.17) is 9.47 Å². The number of benzene rings is 2. The van der Waals surface area contributed by atoms with E-state index in [9.17, 15) is 9.90 Å². The van der Waals surface area contributed by atoms with Gasteiger partial charge in [-0.25, -0.2) is 0 Å².